The molecule has 0 spiro atoms. The summed E-state index contributed by atoms with van der Waals surface area (Å²) >= 11 is 0. The van der Waals surface area contributed by atoms with Gasteiger partial charge in [0.05, 0.1) is 25.6 Å². The maximum atomic E-state index is 12.3. The van der Waals surface area contributed by atoms with E-state index >= 15 is 0 Å². The first-order valence-electron chi connectivity index (χ1n) is 13.7. The Bertz CT molecular complexity index is 1640. The SMILES string of the molecule is COc1ccc(N(C)S(C)(=O)=O)c(Cn2ccc3cnc(Nc4ccc(N5CCC(N(C)C)CC5)c(C)c4)nc32)c1. The summed E-state index contributed by atoms with van der Waals surface area (Å²) in [6.07, 6.45) is 7.26. The highest BCUT2D eigenvalue weighted by Gasteiger charge is 2.22. The van der Waals surface area contributed by atoms with Gasteiger partial charge < -0.3 is 24.4 Å². The lowest BCUT2D eigenvalue weighted by Gasteiger charge is -2.37. The van der Waals surface area contributed by atoms with Crippen molar-refractivity contribution in [1.29, 1.82) is 0 Å². The molecule has 41 heavy (non-hydrogen) atoms. The first-order valence-corrected chi connectivity index (χ1v) is 15.6. The lowest BCUT2D eigenvalue weighted by molar-refractivity contribution is 0.249. The molecular formula is C30H39N7O3S. The molecule has 3 heterocycles. The Morgan fingerprint density at radius 3 is 2.49 bits per heavy atom. The summed E-state index contributed by atoms with van der Waals surface area (Å²) in [5, 5.41) is 4.26. The molecule has 0 unspecified atom stereocenters. The number of ether oxygens (including phenoxy) is 1. The molecule has 0 atom stereocenters. The summed E-state index contributed by atoms with van der Waals surface area (Å²) in [6.45, 7) is 4.67. The molecule has 1 N–H and O–H groups in total. The molecule has 10 nitrogen and oxygen atoms in total. The van der Waals surface area contributed by atoms with Crippen LogP contribution in [0.15, 0.2) is 54.9 Å². The van der Waals surface area contributed by atoms with E-state index in [0.717, 1.165) is 35.4 Å². The molecule has 1 aliphatic heterocycles. The number of fused-ring (bicyclic) bond motifs is 1. The number of hydrogen-bond acceptors (Lipinski definition) is 8. The van der Waals surface area contributed by atoms with Gasteiger partial charge >= 0.3 is 0 Å². The van der Waals surface area contributed by atoms with Gasteiger partial charge in [-0.3, -0.25) is 4.31 Å². The van der Waals surface area contributed by atoms with Gasteiger partial charge in [0, 0.05) is 55.3 Å². The summed E-state index contributed by atoms with van der Waals surface area (Å²) in [4.78, 5) is 14.2. The Morgan fingerprint density at radius 1 is 1.07 bits per heavy atom. The topological polar surface area (TPSA) is 95.8 Å². The van der Waals surface area contributed by atoms with Crippen molar-refractivity contribution < 1.29 is 13.2 Å². The number of benzene rings is 2. The van der Waals surface area contributed by atoms with Gasteiger partial charge in [-0.2, -0.15) is 4.98 Å². The van der Waals surface area contributed by atoms with Crippen LogP contribution < -0.4 is 19.3 Å². The summed E-state index contributed by atoms with van der Waals surface area (Å²) in [6, 6.07) is 14.4. The smallest absolute Gasteiger partial charge is 0.232 e. The van der Waals surface area contributed by atoms with E-state index in [1.807, 2.05) is 22.9 Å². The van der Waals surface area contributed by atoms with Crippen molar-refractivity contribution in [2.75, 3.05) is 62.1 Å². The van der Waals surface area contributed by atoms with Crippen LogP contribution in [0, 0.1) is 6.92 Å². The zero-order valence-electron chi connectivity index (χ0n) is 24.6. The monoisotopic (exact) mass is 577 g/mol. The van der Waals surface area contributed by atoms with Crippen molar-refractivity contribution in [3.8, 4) is 5.75 Å². The number of rotatable bonds is 9. The molecule has 4 aromatic rings. The minimum atomic E-state index is -3.44. The van der Waals surface area contributed by atoms with E-state index in [0.29, 0.717) is 30.0 Å². The second kappa shape index (κ2) is 11.6. The van der Waals surface area contributed by atoms with Gasteiger partial charge in [-0.15, -0.1) is 0 Å². The number of sulfonamides is 1. The fraction of sp³-hybridized carbons (Fsp3) is 0.400. The van der Waals surface area contributed by atoms with Crippen LogP contribution >= 0.6 is 0 Å². The maximum absolute atomic E-state index is 12.3. The van der Waals surface area contributed by atoms with E-state index in [1.165, 1.54) is 34.7 Å². The molecule has 218 valence electrons. The zero-order valence-corrected chi connectivity index (χ0v) is 25.4. The molecule has 0 bridgehead atoms. The number of anilines is 4. The highest BCUT2D eigenvalue weighted by Crippen LogP contribution is 2.30. The summed E-state index contributed by atoms with van der Waals surface area (Å²) in [5.41, 5.74) is 5.54. The maximum Gasteiger partial charge on any atom is 0.232 e. The normalized spacial score (nSPS) is 14.6. The minimum Gasteiger partial charge on any atom is -0.497 e. The fourth-order valence-corrected chi connectivity index (χ4v) is 6.02. The van der Waals surface area contributed by atoms with E-state index in [4.69, 9.17) is 9.72 Å². The second-order valence-corrected chi connectivity index (χ2v) is 13.0. The molecule has 0 aliphatic carbocycles. The number of methoxy groups -OCH3 is 1. The third-order valence-corrected chi connectivity index (χ3v) is 9.15. The number of piperidine rings is 1. The Labute approximate surface area is 242 Å². The van der Waals surface area contributed by atoms with E-state index < -0.39 is 10.0 Å². The van der Waals surface area contributed by atoms with Crippen molar-refractivity contribution in [2.45, 2.75) is 32.4 Å². The molecule has 5 rings (SSSR count). The van der Waals surface area contributed by atoms with Crippen molar-refractivity contribution in [2.24, 2.45) is 0 Å². The number of nitrogens with one attached hydrogen (secondary N) is 1. The van der Waals surface area contributed by atoms with Gasteiger partial charge in [-0.05, 0) is 87.5 Å². The molecule has 1 fully saturated rings. The number of nitrogens with zero attached hydrogens (tertiary/aromatic N) is 6. The van der Waals surface area contributed by atoms with Gasteiger partial charge in [-0.25, -0.2) is 13.4 Å². The Kier molecular flexibility index (Phi) is 8.10. The Morgan fingerprint density at radius 2 is 1.83 bits per heavy atom. The van der Waals surface area contributed by atoms with Crippen LogP contribution in [0.5, 0.6) is 5.75 Å². The van der Waals surface area contributed by atoms with Crippen molar-refractivity contribution in [3.63, 3.8) is 0 Å². The van der Waals surface area contributed by atoms with Crippen LogP contribution in [0.3, 0.4) is 0 Å². The third kappa shape index (κ3) is 6.25. The van der Waals surface area contributed by atoms with E-state index in [2.05, 4.69) is 59.3 Å². The lowest BCUT2D eigenvalue weighted by atomic mass is 10.0. The number of aryl methyl sites for hydroxylation is 1. The van der Waals surface area contributed by atoms with Gasteiger partial charge in [0.15, 0.2) is 0 Å². The molecular weight excluding hydrogens is 538 g/mol. The second-order valence-electron chi connectivity index (χ2n) is 10.9. The molecule has 11 heteroatoms. The minimum absolute atomic E-state index is 0.407. The van der Waals surface area contributed by atoms with Crippen LogP contribution in [-0.2, 0) is 16.6 Å². The zero-order chi connectivity index (χ0) is 29.3. The van der Waals surface area contributed by atoms with Crippen molar-refractivity contribution in [1.82, 2.24) is 19.4 Å². The van der Waals surface area contributed by atoms with Crippen molar-refractivity contribution >= 4 is 44.1 Å². The Hall–Kier alpha value is -3.83. The fourth-order valence-electron chi connectivity index (χ4n) is 5.48. The van der Waals surface area contributed by atoms with Gasteiger partial charge in [0.25, 0.3) is 0 Å². The quantitative estimate of drug-likeness (QED) is 0.312. The average molecular weight is 578 g/mol. The third-order valence-electron chi connectivity index (χ3n) is 7.95. The summed E-state index contributed by atoms with van der Waals surface area (Å²) in [7, 11) is 4.03. The number of aromatic nitrogens is 3. The lowest BCUT2D eigenvalue weighted by Crippen LogP contribution is -2.42. The van der Waals surface area contributed by atoms with Gasteiger partial charge in [0.2, 0.25) is 16.0 Å². The molecule has 2 aromatic carbocycles. The van der Waals surface area contributed by atoms with Crippen LogP contribution in [0.4, 0.5) is 23.0 Å². The number of hydrogen-bond donors (Lipinski definition) is 1. The summed E-state index contributed by atoms with van der Waals surface area (Å²) in [5.74, 6) is 1.15. The molecule has 0 radical (unpaired) electrons. The Balaban J connectivity index is 1.37. The van der Waals surface area contributed by atoms with Crippen LogP contribution in [0.25, 0.3) is 11.0 Å². The van der Waals surface area contributed by atoms with Crippen molar-refractivity contribution in [3.05, 3.63) is 66.0 Å². The van der Waals surface area contributed by atoms with Gasteiger partial charge in [-0.1, -0.05) is 0 Å². The van der Waals surface area contributed by atoms with E-state index in [-0.39, 0.29) is 0 Å². The highest BCUT2D eigenvalue weighted by atomic mass is 32.2. The van der Waals surface area contributed by atoms with Crippen LogP contribution in [0.1, 0.15) is 24.0 Å². The predicted octanol–water partition coefficient (Wildman–Crippen LogP) is 4.47. The molecule has 1 saturated heterocycles. The summed E-state index contributed by atoms with van der Waals surface area (Å²) < 4.78 is 33.3. The molecule has 1 aliphatic rings. The average Bonchev–Trinajstić information content (AvgIpc) is 3.34. The van der Waals surface area contributed by atoms with Crippen LogP contribution in [-0.4, -0.2) is 81.5 Å². The van der Waals surface area contributed by atoms with E-state index in [1.54, 1.807) is 32.5 Å². The standard InChI is InChI=1S/C30H39N7O3S/c1-21-17-24(7-9-27(21)36-15-12-25(13-16-36)34(2)3)32-30-31-19-22-11-14-37(29(22)33-30)20-23-18-26(40-5)8-10-28(23)35(4)41(6,38)39/h7-11,14,17-19,25H,12-13,15-16,20H2,1-6H3,(H,31,32,33). The van der Waals surface area contributed by atoms with Crippen LogP contribution in [0.2, 0.25) is 0 Å². The van der Waals surface area contributed by atoms with E-state index in [9.17, 15) is 8.42 Å². The molecule has 0 saturated carbocycles. The highest BCUT2D eigenvalue weighted by molar-refractivity contribution is 7.92. The predicted molar refractivity (Wildman–Crippen MR) is 166 cm³/mol. The molecule has 0 amide bonds. The van der Waals surface area contributed by atoms with Gasteiger partial charge in [0.1, 0.15) is 11.4 Å². The first-order chi connectivity index (χ1) is 19.5. The largest absolute Gasteiger partial charge is 0.497 e. The molecule has 2 aromatic heterocycles. The first kappa shape index (κ1) is 28.7.